The Kier molecular flexibility index (Phi) is 12.8. The smallest absolute Gasteiger partial charge is 0.490 e. The molecule has 12 nitrogen and oxygen atoms in total. The van der Waals surface area contributed by atoms with Crippen molar-refractivity contribution in [2.75, 3.05) is 0 Å². The van der Waals surface area contributed by atoms with Crippen molar-refractivity contribution in [2.45, 2.75) is 64.2 Å². The molecule has 5 rings (SSSR count). The topological polar surface area (TPSA) is 199 Å². The second-order valence-corrected chi connectivity index (χ2v) is 11.4. The number of carbonyl (C=O) groups is 4. The van der Waals surface area contributed by atoms with Gasteiger partial charge in [-0.15, -0.1) is 0 Å². The number of nitrogens with one attached hydrogen (secondary N) is 2. The maximum absolute atomic E-state index is 13.7. The fourth-order valence-corrected chi connectivity index (χ4v) is 5.11. The van der Waals surface area contributed by atoms with Crippen LogP contribution < -0.4 is 11.1 Å². The molecule has 4 aromatic rings. The van der Waals surface area contributed by atoms with Gasteiger partial charge in [0, 0.05) is 13.0 Å². The number of alkyl halides is 6. The van der Waals surface area contributed by atoms with Gasteiger partial charge in [-0.1, -0.05) is 36.4 Å². The lowest BCUT2D eigenvalue weighted by Gasteiger charge is -2.25. The van der Waals surface area contributed by atoms with Gasteiger partial charge in [-0.2, -0.15) is 26.3 Å². The van der Waals surface area contributed by atoms with E-state index in [0.29, 0.717) is 31.8 Å². The quantitative estimate of drug-likeness (QED) is 0.157. The Labute approximate surface area is 285 Å². The highest BCUT2D eigenvalue weighted by atomic mass is 19.4. The number of phenolic OH excluding ortho intramolecular Hbond substituents is 1. The number of rotatable bonds is 6. The number of benzene rings is 3. The molecule has 3 aromatic carbocycles. The number of aromatic hydroxyl groups is 1. The number of fused-ring (bicyclic) bond motifs is 2. The molecule has 2 amide bonds. The number of imidazole rings is 1. The SMILES string of the molecule is Cc1cc(O)cc(C)c1C[C@H](N)C(=O)N[C@H]1Cc2ccccc2CN(Cc2nc3ccccc3[nH]2)C1=O.O=C(O)C(F)(F)F.O=C(O)C(F)(F)F. The third-order valence-electron chi connectivity index (χ3n) is 7.54. The molecular formula is C33H33F6N5O7. The van der Waals surface area contributed by atoms with E-state index >= 15 is 0 Å². The molecule has 0 unspecified atom stereocenters. The van der Waals surface area contributed by atoms with Crippen LogP contribution in [0.3, 0.4) is 0 Å². The van der Waals surface area contributed by atoms with Crippen LogP contribution in [0.15, 0.2) is 60.7 Å². The molecule has 2 heterocycles. The summed E-state index contributed by atoms with van der Waals surface area (Å²) in [5.41, 5.74) is 12.8. The molecule has 2 atom stereocenters. The number of aromatic amines is 1. The first kappa shape index (κ1) is 39.8. The minimum Gasteiger partial charge on any atom is -0.508 e. The maximum Gasteiger partial charge on any atom is 0.490 e. The first-order valence-corrected chi connectivity index (χ1v) is 14.9. The number of hydrogen-bond donors (Lipinski definition) is 6. The van der Waals surface area contributed by atoms with Crippen LogP contribution in [0.5, 0.6) is 5.75 Å². The summed E-state index contributed by atoms with van der Waals surface area (Å²) in [4.78, 5) is 54.3. The van der Waals surface area contributed by atoms with Crippen molar-refractivity contribution < 1.29 is 60.8 Å². The maximum atomic E-state index is 13.7. The Balaban J connectivity index is 0.000000424. The number of halogens is 6. The molecule has 18 heteroatoms. The average Bonchev–Trinajstić information content (AvgIpc) is 3.39. The van der Waals surface area contributed by atoms with Gasteiger partial charge in [0.2, 0.25) is 11.8 Å². The molecule has 0 spiro atoms. The number of amides is 2. The number of aryl methyl sites for hydroxylation is 2. The Hall–Kier alpha value is -5.65. The van der Waals surface area contributed by atoms with Gasteiger partial charge in [-0.05, 0) is 72.4 Å². The lowest BCUT2D eigenvalue weighted by Crippen LogP contribution is -2.53. The largest absolute Gasteiger partial charge is 0.508 e. The van der Waals surface area contributed by atoms with Crippen LogP contribution in [-0.4, -0.2) is 78.4 Å². The van der Waals surface area contributed by atoms with Gasteiger partial charge >= 0.3 is 24.3 Å². The van der Waals surface area contributed by atoms with Crippen molar-refractivity contribution in [3.63, 3.8) is 0 Å². The van der Waals surface area contributed by atoms with Crippen LogP contribution >= 0.6 is 0 Å². The van der Waals surface area contributed by atoms with Crippen LogP contribution in [0.25, 0.3) is 11.0 Å². The van der Waals surface area contributed by atoms with E-state index in [-0.39, 0.29) is 17.6 Å². The van der Waals surface area contributed by atoms with E-state index in [1.165, 1.54) is 0 Å². The molecule has 0 aliphatic carbocycles. The van der Waals surface area contributed by atoms with Gasteiger partial charge in [0.05, 0.1) is 23.6 Å². The van der Waals surface area contributed by atoms with E-state index in [1.807, 2.05) is 62.4 Å². The Morgan fingerprint density at radius 1 is 0.941 bits per heavy atom. The number of para-hydroxylation sites is 2. The molecular weight excluding hydrogens is 692 g/mol. The van der Waals surface area contributed by atoms with Crippen LogP contribution in [0.4, 0.5) is 26.3 Å². The van der Waals surface area contributed by atoms with Crippen LogP contribution in [0, 0.1) is 13.8 Å². The number of carboxylic acid groups (broad SMARTS) is 2. The third-order valence-corrected chi connectivity index (χ3v) is 7.54. The highest BCUT2D eigenvalue weighted by Crippen LogP contribution is 2.24. The molecule has 7 N–H and O–H groups in total. The molecule has 1 aliphatic heterocycles. The number of aliphatic carboxylic acids is 2. The van der Waals surface area contributed by atoms with E-state index in [4.69, 9.17) is 25.5 Å². The van der Waals surface area contributed by atoms with E-state index < -0.39 is 36.4 Å². The van der Waals surface area contributed by atoms with E-state index in [0.717, 1.165) is 38.9 Å². The second kappa shape index (κ2) is 16.4. The number of aromatic nitrogens is 2. The predicted octanol–water partition coefficient (Wildman–Crippen LogP) is 4.29. The van der Waals surface area contributed by atoms with Gasteiger partial charge in [-0.25, -0.2) is 14.6 Å². The Morgan fingerprint density at radius 3 is 1.98 bits per heavy atom. The van der Waals surface area contributed by atoms with E-state index in [1.54, 1.807) is 17.0 Å². The lowest BCUT2D eigenvalue weighted by molar-refractivity contribution is -0.193. The van der Waals surface area contributed by atoms with E-state index in [2.05, 4.69) is 15.3 Å². The zero-order valence-corrected chi connectivity index (χ0v) is 27.0. The summed E-state index contributed by atoms with van der Waals surface area (Å²) in [7, 11) is 0. The van der Waals surface area contributed by atoms with Gasteiger partial charge in [0.15, 0.2) is 0 Å². The number of hydrogen-bond acceptors (Lipinski definition) is 7. The summed E-state index contributed by atoms with van der Waals surface area (Å²) in [6.45, 7) is 4.49. The Bertz CT molecular complexity index is 1810. The predicted molar refractivity (Wildman–Crippen MR) is 169 cm³/mol. The molecule has 1 aliphatic rings. The zero-order valence-electron chi connectivity index (χ0n) is 27.0. The number of carboxylic acids is 2. The van der Waals surface area contributed by atoms with Crippen LogP contribution in [0.2, 0.25) is 0 Å². The number of H-pyrrole nitrogens is 1. The van der Waals surface area contributed by atoms with Gasteiger partial charge in [-0.3, -0.25) is 9.59 Å². The highest BCUT2D eigenvalue weighted by Gasteiger charge is 2.39. The molecule has 0 bridgehead atoms. The van der Waals surface area contributed by atoms with Crippen LogP contribution in [0.1, 0.15) is 33.6 Å². The Morgan fingerprint density at radius 2 is 1.45 bits per heavy atom. The van der Waals surface area contributed by atoms with Crippen molar-refractivity contribution in [3.05, 3.63) is 94.3 Å². The van der Waals surface area contributed by atoms with Crippen molar-refractivity contribution in [2.24, 2.45) is 5.73 Å². The summed E-state index contributed by atoms with van der Waals surface area (Å²) < 4.78 is 63.5. The first-order chi connectivity index (χ1) is 23.7. The average molecular weight is 726 g/mol. The van der Waals surface area contributed by atoms with Crippen molar-refractivity contribution in [1.29, 1.82) is 0 Å². The molecule has 274 valence electrons. The number of phenols is 1. The van der Waals surface area contributed by atoms with Gasteiger partial charge in [0.25, 0.3) is 0 Å². The summed E-state index contributed by atoms with van der Waals surface area (Å²) in [5.74, 6) is -5.19. The minimum absolute atomic E-state index is 0.172. The third kappa shape index (κ3) is 11.2. The molecule has 0 radical (unpaired) electrons. The second-order valence-electron chi connectivity index (χ2n) is 11.4. The molecule has 51 heavy (non-hydrogen) atoms. The highest BCUT2D eigenvalue weighted by molar-refractivity contribution is 5.90. The molecule has 0 fully saturated rings. The molecule has 0 saturated carbocycles. The zero-order chi connectivity index (χ0) is 38.3. The summed E-state index contributed by atoms with van der Waals surface area (Å²) in [6, 6.07) is 17.4. The number of nitrogens with zero attached hydrogens (tertiary/aromatic N) is 2. The van der Waals surface area contributed by atoms with Gasteiger partial charge in [0.1, 0.15) is 17.6 Å². The fourth-order valence-electron chi connectivity index (χ4n) is 5.11. The monoisotopic (exact) mass is 725 g/mol. The number of carbonyl (C=O) groups excluding carboxylic acids is 2. The minimum atomic E-state index is -5.08. The fraction of sp³-hybridized carbons (Fsp3) is 0.303. The summed E-state index contributed by atoms with van der Waals surface area (Å²) in [5, 5.41) is 27.0. The number of nitrogens with two attached hydrogens (primary N) is 1. The molecule has 0 saturated heterocycles. The summed E-state index contributed by atoms with van der Waals surface area (Å²) >= 11 is 0. The summed E-state index contributed by atoms with van der Waals surface area (Å²) in [6.07, 6.45) is -9.47. The normalized spacial score (nSPS) is 15.0. The lowest BCUT2D eigenvalue weighted by atomic mass is 9.95. The molecule has 1 aromatic heterocycles. The van der Waals surface area contributed by atoms with Crippen molar-refractivity contribution in [1.82, 2.24) is 20.2 Å². The van der Waals surface area contributed by atoms with Gasteiger partial charge < -0.3 is 36.3 Å². The first-order valence-electron chi connectivity index (χ1n) is 14.9. The van der Waals surface area contributed by atoms with Crippen molar-refractivity contribution in [3.8, 4) is 5.75 Å². The van der Waals surface area contributed by atoms with E-state index in [9.17, 15) is 41.0 Å². The van der Waals surface area contributed by atoms with Crippen molar-refractivity contribution >= 4 is 34.8 Å². The van der Waals surface area contributed by atoms with Crippen LogP contribution in [-0.2, 0) is 45.1 Å². The standard InChI is InChI=1S/C29H31N5O3.2C2HF3O2/c1-17-11-21(35)12-18(2)22(17)14-23(30)28(36)33-26-13-19-7-3-4-8-20(19)15-34(29(26)37)16-27-31-24-9-5-6-10-25(24)32-27;2*3-2(4,5)1(6)7/h3-12,23,26,35H,13-16,30H2,1-2H3,(H,31,32)(H,33,36);2*(H,6,7)/t23-,26-;;/m0../s1.